The topological polar surface area (TPSA) is 29.1 Å². The highest BCUT2D eigenvalue weighted by Gasteiger charge is 2.17. The van der Waals surface area contributed by atoms with E-state index in [1.165, 1.54) is 11.3 Å². The maximum Gasteiger partial charge on any atom is 0.0345 e. The first-order valence-corrected chi connectivity index (χ1v) is 7.85. The van der Waals surface area contributed by atoms with E-state index in [1.807, 2.05) is 0 Å². The van der Waals surface area contributed by atoms with E-state index in [4.69, 9.17) is 0 Å². The van der Waals surface area contributed by atoms with E-state index in [9.17, 15) is 4.21 Å². The van der Waals surface area contributed by atoms with Crippen molar-refractivity contribution < 1.29 is 4.21 Å². The standard InChI is InChI=1S/C14H21NOS/c1-11(2)12-4-3-5-14(10-12)15-13-6-8-17(16)9-7-13/h3-5,10-11,13,15H,6-9H2,1-2H3. The molecule has 94 valence electrons. The molecule has 0 aliphatic carbocycles. The van der Waals surface area contributed by atoms with Crippen molar-refractivity contribution in [3.63, 3.8) is 0 Å². The SMILES string of the molecule is CC(C)c1cccc(NC2CCS(=O)CC2)c1. The number of nitrogens with one attached hydrogen (secondary N) is 1. The van der Waals surface area contributed by atoms with Crippen molar-refractivity contribution in [2.24, 2.45) is 0 Å². The van der Waals surface area contributed by atoms with Gasteiger partial charge in [0.2, 0.25) is 0 Å². The minimum atomic E-state index is -0.571. The molecule has 1 aromatic rings. The van der Waals surface area contributed by atoms with Crippen LogP contribution in [-0.2, 0) is 10.8 Å². The monoisotopic (exact) mass is 251 g/mol. The molecule has 1 N–H and O–H groups in total. The molecule has 0 spiro atoms. The molecule has 1 fully saturated rings. The van der Waals surface area contributed by atoms with Crippen LogP contribution in [0.25, 0.3) is 0 Å². The van der Waals surface area contributed by atoms with Gasteiger partial charge in [-0.2, -0.15) is 0 Å². The molecule has 0 amide bonds. The Balaban J connectivity index is 1.98. The van der Waals surface area contributed by atoms with Gasteiger partial charge in [-0.15, -0.1) is 0 Å². The van der Waals surface area contributed by atoms with Gasteiger partial charge in [0.25, 0.3) is 0 Å². The van der Waals surface area contributed by atoms with Crippen molar-refractivity contribution >= 4 is 16.5 Å². The minimum absolute atomic E-state index is 0.495. The van der Waals surface area contributed by atoms with Gasteiger partial charge < -0.3 is 5.32 Å². The van der Waals surface area contributed by atoms with Gasteiger partial charge in [0, 0.05) is 34.0 Å². The summed E-state index contributed by atoms with van der Waals surface area (Å²) >= 11 is 0. The lowest BCUT2D eigenvalue weighted by molar-refractivity contribution is 0.624. The first-order valence-electron chi connectivity index (χ1n) is 6.36. The lowest BCUT2D eigenvalue weighted by atomic mass is 10.0. The summed E-state index contributed by atoms with van der Waals surface area (Å²) in [7, 11) is -0.571. The highest BCUT2D eigenvalue weighted by atomic mass is 32.2. The van der Waals surface area contributed by atoms with Crippen LogP contribution in [-0.4, -0.2) is 21.8 Å². The molecule has 0 aromatic heterocycles. The minimum Gasteiger partial charge on any atom is -0.382 e. The third-order valence-corrected chi connectivity index (χ3v) is 4.69. The quantitative estimate of drug-likeness (QED) is 0.894. The van der Waals surface area contributed by atoms with Crippen molar-refractivity contribution in [3.05, 3.63) is 29.8 Å². The zero-order chi connectivity index (χ0) is 12.3. The van der Waals surface area contributed by atoms with E-state index >= 15 is 0 Å². The molecule has 1 aliphatic heterocycles. The molecule has 0 unspecified atom stereocenters. The fourth-order valence-electron chi connectivity index (χ4n) is 2.16. The van der Waals surface area contributed by atoms with Gasteiger partial charge in [-0.1, -0.05) is 26.0 Å². The Morgan fingerprint density at radius 3 is 2.65 bits per heavy atom. The Morgan fingerprint density at radius 2 is 2.00 bits per heavy atom. The number of hydrogen-bond donors (Lipinski definition) is 1. The summed E-state index contributed by atoms with van der Waals surface area (Å²) in [6.45, 7) is 4.42. The van der Waals surface area contributed by atoms with Crippen LogP contribution in [0.15, 0.2) is 24.3 Å². The lowest BCUT2D eigenvalue weighted by Gasteiger charge is -2.24. The molecule has 17 heavy (non-hydrogen) atoms. The molecule has 1 heterocycles. The van der Waals surface area contributed by atoms with E-state index in [0.29, 0.717) is 12.0 Å². The fraction of sp³-hybridized carbons (Fsp3) is 0.571. The second kappa shape index (κ2) is 5.67. The molecular formula is C14H21NOS. The van der Waals surface area contributed by atoms with E-state index in [-0.39, 0.29) is 0 Å². The van der Waals surface area contributed by atoms with Crippen LogP contribution < -0.4 is 5.32 Å². The highest BCUT2D eigenvalue weighted by Crippen LogP contribution is 2.21. The molecule has 0 radical (unpaired) electrons. The number of anilines is 1. The third kappa shape index (κ3) is 3.56. The van der Waals surface area contributed by atoms with Gasteiger partial charge in [-0.3, -0.25) is 4.21 Å². The lowest BCUT2D eigenvalue weighted by Crippen LogP contribution is -2.29. The first kappa shape index (κ1) is 12.6. The zero-order valence-electron chi connectivity index (χ0n) is 10.6. The molecule has 2 rings (SSSR count). The van der Waals surface area contributed by atoms with Crippen LogP contribution in [0.3, 0.4) is 0 Å². The highest BCUT2D eigenvalue weighted by molar-refractivity contribution is 7.85. The molecule has 0 bridgehead atoms. The summed E-state index contributed by atoms with van der Waals surface area (Å²) < 4.78 is 11.3. The third-order valence-electron chi connectivity index (χ3n) is 3.31. The first-order chi connectivity index (χ1) is 8.15. The summed E-state index contributed by atoms with van der Waals surface area (Å²) in [5, 5.41) is 3.56. The second-order valence-electron chi connectivity index (χ2n) is 5.05. The Labute approximate surface area is 106 Å². The summed E-state index contributed by atoms with van der Waals surface area (Å²) in [6.07, 6.45) is 2.05. The molecule has 1 aromatic carbocycles. The molecule has 3 heteroatoms. The normalized spacial score (nSPS) is 24.9. The van der Waals surface area contributed by atoms with Crippen molar-refractivity contribution in [1.29, 1.82) is 0 Å². The van der Waals surface area contributed by atoms with Crippen LogP contribution in [0.1, 0.15) is 38.2 Å². The maximum atomic E-state index is 11.3. The largest absolute Gasteiger partial charge is 0.382 e. The van der Waals surface area contributed by atoms with E-state index in [1.54, 1.807) is 0 Å². The van der Waals surface area contributed by atoms with Gasteiger partial charge in [-0.05, 0) is 36.5 Å². The smallest absolute Gasteiger partial charge is 0.0345 e. The van der Waals surface area contributed by atoms with Crippen molar-refractivity contribution in [1.82, 2.24) is 0 Å². The van der Waals surface area contributed by atoms with E-state index < -0.39 is 10.8 Å². The predicted octanol–water partition coefficient (Wildman–Crippen LogP) is 3.13. The van der Waals surface area contributed by atoms with Gasteiger partial charge in [-0.25, -0.2) is 0 Å². The molecule has 0 saturated carbocycles. The summed E-state index contributed by atoms with van der Waals surface area (Å²) in [6, 6.07) is 9.13. The van der Waals surface area contributed by atoms with Gasteiger partial charge in [0.05, 0.1) is 0 Å². The summed E-state index contributed by atoms with van der Waals surface area (Å²) in [5.74, 6) is 2.26. The molecule has 0 atom stereocenters. The second-order valence-corrected chi connectivity index (χ2v) is 6.74. The number of hydrogen-bond acceptors (Lipinski definition) is 2. The predicted molar refractivity (Wildman–Crippen MR) is 75.1 cm³/mol. The van der Waals surface area contributed by atoms with Crippen LogP contribution >= 0.6 is 0 Å². The number of rotatable bonds is 3. The summed E-state index contributed by atoms with van der Waals surface area (Å²) in [5.41, 5.74) is 2.57. The average molecular weight is 251 g/mol. The molecule has 1 saturated heterocycles. The Morgan fingerprint density at radius 1 is 1.29 bits per heavy atom. The van der Waals surface area contributed by atoms with Crippen LogP contribution in [0.2, 0.25) is 0 Å². The molecule has 1 aliphatic rings. The average Bonchev–Trinajstić information content (AvgIpc) is 2.32. The van der Waals surface area contributed by atoms with Crippen LogP contribution in [0.4, 0.5) is 5.69 Å². The van der Waals surface area contributed by atoms with Crippen molar-refractivity contribution in [2.45, 2.75) is 38.6 Å². The van der Waals surface area contributed by atoms with Gasteiger partial charge >= 0.3 is 0 Å². The van der Waals surface area contributed by atoms with Gasteiger partial charge in [0.15, 0.2) is 0 Å². The Kier molecular flexibility index (Phi) is 4.21. The maximum absolute atomic E-state index is 11.3. The number of benzene rings is 1. The van der Waals surface area contributed by atoms with Crippen molar-refractivity contribution in [2.75, 3.05) is 16.8 Å². The van der Waals surface area contributed by atoms with Crippen LogP contribution in [0.5, 0.6) is 0 Å². The Bertz CT molecular complexity index is 393. The van der Waals surface area contributed by atoms with E-state index in [0.717, 1.165) is 24.3 Å². The summed E-state index contributed by atoms with van der Waals surface area (Å²) in [4.78, 5) is 0. The van der Waals surface area contributed by atoms with Gasteiger partial charge in [0.1, 0.15) is 0 Å². The van der Waals surface area contributed by atoms with Crippen LogP contribution in [0, 0.1) is 0 Å². The fourth-order valence-corrected chi connectivity index (χ4v) is 3.46. The van der Waals surface area contributed by atoms with Crippen molar-refractivity contribution in [3.8, 4) is 0 Å². The molecular weight excluding hydrogens is 230 g/mol. The Hall–Kier alpha value is -0.830. The zero-order valence-corrected chi connectivity index (χ0v) is 11.4. The molecule has 2 nitrogen and oxygen atoms in total. The van der Waals surface area contributed by atoms with E-state index in [2.05, 4.69) is 43.4 Å².